The molecule has 78 valence electrons. The predicted molar refractivity (Wildman–Crippen MR) is 61.7 cm³/mol. The van der Waals surface area contributed by atoms with E-state index in [1.54, 1.807) is 11.3 Å². The van der Waals surface area contributed by atoms with Crippen molar-refractivity contribution in [2.24, 2.45) is 4.99 Å². The average molecular weight is 220 g/mol. The number of aromatic nitrogens is 1. The highest BCUT2D eigenvalue weighted by molar-refractivity contribution is 7.16. The van der Waals surface area contributed by atoms with Crippen LogP contribution in [0.15, 0.2) is 29.3 Å². The number of hydrogen-bond donors (Lipinski definition) is 0. The molecule has 0 unspecified atom stereocenters. The van der Waals surface area contributed by atoms with E-state index in [-0.39, 0.29) is 5.91 Å². The van der Waals surface area contributed by atoms with Gasteiger partial charge in [-0.05, 0) is 19.1 Å². The number of carbonyl (C=O) groups excluding carboxylic acids is 1. The van der Waals surface area contributed by atoms with Gasteiger partial charge in [0.25, 0.3) is 0 Å². The van der Waals surface area contributed by atoms with E-state index < -0.39 is 0 Å². The first kappa shape index (κ1) is 10.1. The quantitative estimate of drug-likeness (QED) is 0.725. The van der Waals surface area contributed by atoms with Crippen LogP contribution in [0, 0.1) is 0 Å². The molecule has 0 bridgehead atoms. The number of para-hydroxylation sites is 1. The summed E-state index contributed by atoms with van der Waals surface area (Å²) >= 11 is 1.55. The van der Waals surface area contributed by atoms with Crippen LogP contribution in [0.3, 0.4) is 0 Å². The Kier molecular flexibility index (Phi) is 2.68. The maximum absolute atomic E-state index is 11.0. The minimum atomic E-state index is -0.149. The fourth-order valence-electron chi connectivity index (χ4n) is 1.55. The second-order valence-electron chi connectivity index (χ2n) is 3.23. The Morgan fingerprint density at radius 3 is 2.87 bits per heavy atom. The third-order valence-electron chi connectivity index (χ3n) is 2.16. The van der Waals surface area contributed by atoms with Gasteiger partial charge < -0.3 is 4.57 Å². The molecule has 1 aromatic heterocycles. The fourth-order valence-corrected chi connectivity index (χ4v) is 2.68. The van der Waals surface area contributed by atoms with E-state index in [4.69, 9.17) is 0 Å². The van der Waals surface area contributed by atoms with Crippen molar-refractivity contribution in [3.8, 4) is 0 Å². The van der Waals surface area contributed by atoms with Crippen molar-refractivity contribution in [2.45, 2.75) is 20.4 Å². The zero-order valence-electron chi connectivity index (χ0n) is 8.73. The number of aryl methyl sites for hydroxylation is 1. The molecule has 1 heterocycles. The van der Waals surface area contributed by atoms with Gasteiger partial charge in [0.1, 0.15) is 0 Å². The van der Waals surface area contributed by atoms with Gasteiger partial charge in [0, 0.05) is 13.5 Å². The summed E-state index contributed by atoms with van der Waals surface area (Å²) in [4.78, 5) is 15.8. The van der Waals surface area contributed by atoms with Gasteiger partial charge in [-0.25, -0.2) is 0 Å². The molecule has 1 amide bonds. The molecule has 4 heteroatoms. The number of benzene rings is 1. The summed E-state index contributed by atoms with van der Waals surface area (Å²) in [5.41, 5.74) is 1.14. The molecule has 0 spiro atoms. The normalized spacial score (nSPS) is 12.3. The molecular weight excluding hydrogens is 208 g/mol. The third kappa shape index (κ3) is 1.85. The molecule has 0 aliphatic rings. The molecular formula is C11H12N2OS. The second kappa shape index (κ2) is 3.98. The Hall–Kier alpha value is -1.42. The third-order valence-corrected chi connectivity index (χ3v) is 3.22. The largest absolute Gasteiger partial charge is 0.317 e. The molecule has 0 saturated heterocycles. The van der Waals surface area contributed by atoms with Crippen molar-refractivity contribution < 1.29 is 4.79 Å². The van der Waals surface area contributed by atoms with Crippen LogP contribution in [0.25, 0.3) is 10.2 Å². The summed E-state index contributed by atoms with van der Waals surface area (Å²) in [7, 11) is 0. The summed E-state index contributed by atoms with van der Waals surface area (Å²) in [5.74, 6) is -0.149. The number of amides is 1. The molecule has 2 aromatic rings. The fraction of sp³-hybridized carbons (Fsp3) is 0.273. The molecule has 0 saturated carbocycles. The first-order chi connectivity index (χ1) is 7.22. The Bertz CT molecular complexity index is 565. The first-order valence-electron chi connectivity index (χ1n) is 4.86. The van der Waals surface area contributed by atoms with E-state index in [1.807, 2.05) is 18.2 Å². The Balaban J connectivity index is 2.81. The summed E-state index contributed by atoms with van der Waals surface area (Å²) in [6.07, 6.45) is 0. The standard InChI is InChI=1S/C11H12N2OS/c1-3-13-9-6-4-5-7-10(9)15-11(13)12-8(2)14/h4-7H,3H2,1-2H3. The summed E-state index contributed by atoms with van der Waals surface area (Å²) in [6, 6.07) is 8.09. The van der Waals surface area contributed by atoms with Gasteiger partial charge in [0.2, 0.25) is 5.91 Å². The topological polar surface area (TPSA) is 34.4 Å². The van der Waals surface area contributed by atoms with Crippen molar-refractivity contribution in [3.05, 3.63) is 29.1 Å². The van der Waals surface area contributed by atoms with E-state index >= 15 is 0 Å². The van der Waals surface area contributed by atoms with E-state index in [9.17, 15) is 4.79 Å². The molecule has 0 fully saturated rings. The van der Waals surface area contributed by atoms with Crippen LogP contribution in [0.4, 0.5) is 0 Å². The van der Waals surface area contributed by atoms with Crippen LogP contribution in [-0.2, 0) is 11.3 Å². The first-order valence-corrected chi connectivity index (χ1v) is 5.67. The lowest BCUT2D eigenvalue weighted by molar-refractivity contribution is -0.116. The molecule has 2 rings (SSSR count). The number of nitrogens with zero attached hydrogens (tertiary/aromatic N) is 2. The van der Waals surface area contributed by atoms with Crippen molar-refractivity contribution in [1.82, 2.24) is 4.57 Å². The van der Waals surface area contributed by atoms with Gasteiger partial charge in [0.15, 0.2) is 4.80 Å². The molecule has 0 radical (unpaired) electrons. The molecule has 3 nitrogen and oxygen atoms in total. The summed E-state index contributed by atoms with van der Waals surface area (Å²) in [5, 5.41) is 0. The number of carbonyl (C=O) groups is 1. The maximum Gasteiger partial charge on any atom is 0.245 e. The molecule has 0 atom stereocenters. The van der Waals surface area contributed by atoms with Crippen LogP contribution in [0.1, 0.15) is 13.8 Å². The lowest BCUT2D eigenvalue weighted by Gasteiger charge is -1.98. The smallest absolute Gasteiger partial charge is 0.245 e. The van der Waals surface area contributed by atoms with Crippen molar-refractivity contribution in [1.29, 1.82) is 0 Å². The monoisotopic (exact) mass is 220 g/mol. The van der Waals surface area contributed by atoms with Crippen LogP contribution in [0.5, 0.6) is 0 Å². The van der Waals surface area contributed by atoms with Gasteiger partial charge in [0.05, 0.1) is 10.2 Å². The predicted octanol–water partition coefficient (Wildman–Crippen LogP) is 2.17. The maximum atomic E-state index is 11.0. The number of fused-ring (bicyclic) bond motifs is 1. The van der Waals surface area contributed by atoms with Crippen LogP contribution < -0.4 is 4.80 Å². The molecule has 1 aromatic carbocycles. The van der Waals surface area contributed by atoms with E-state index in [1.165, 1.54) is 11.6 Å². The zero-order valence-corrected chi connectivity index (χ0v) is 9.54. The average Bonchev–Trinajstić information content (AvgIpc) is 2.53. The molecule has 0 aliphatic heterocycles. The van der Waals surface area contributed by atoms with Crippen molar-refractivity contribution in [3.63, 3.8) is 0 Å². The van der Waals surface area contributed by atoms with Crippen LogP contribution in [-0.4, -0.2) is 10.5 Å². The van der Waals surface area contributed by atoms with E-state index in [0.717, 1.165) is 16.9 Å². The van der Waals surface area contributed by atoms with E-state index in [2.05, 4.69) is 22.5 Å². The Labute approximate surface area is 91.7 Å². The van der Waals surface area contributed by atoms with Gasteiger partial charge in [-0.3, -0.25) is 4.79 Å². The highest BCUT2D eigenvalue weighted by Crippen LogP contribution is 2.16. The minimum Gasteiger partial charge on any atom is -0.317 e. The van der Waals surface area contributed by atoms with E-state index in [0.29, 0.717) is 0 Å². The lowest BCUT2D eigenvalue weighted by Crippen LogP contribution is -2.14. The van der Waals surface area contributed by atoms with Gasteiger partial charge in [-0.2, -0.15) is 4.99 Å². The number of hydrogen-bond acceptors (Lipinski definition) is 2. The zero-order chi connectivity index (χ0) is 10.8. The van der Waals surface area contributed by atoms with Crippen LogP contribution >= 0.6 is 11.3 Å². The molecule has 0 aliphatic carbocycles. The number of rotatable bonds is 1. The lowest BCUT2D eigenvalue weighted by atomic mass is 10.3. The van der Waals surface area contributed by atoms with Crippen LogP contribution in [0.2, 0.25) is 0 Å². The molecule has 15 heavy (non-hydrogen) atoms. The number of thiazole rings is 1. The Morgan fingerprint density at radius 1 is 1.47 bits per heavy atom. The van der Waals surface area contributed by atoms with Gasteiger partial charge in [-0.1, -0.05) is 23.5 Å². The van der Waals surface area contributed by atoms with Crippen molar-refractivity contribution in [2.75, 3.05) is 0 Å². The Morgan fingerprint density at radius 2 is 2.20 bits per heavy atom. The molecule has 0 N–H and O–H groups in total. The summed E-state index contributed by atoms with van der Waals surface area (Å²) < 4.78 is 3.22. The second-order valence-corrected chi connectivity index (χ2v) is 4.24. The van der Waals surface area contributed by atoms with Gasteiger partial charge >= 0.3 is 0 Å². The highest BCUT2D eigenvalue weighted by atomic mass is 32.1. The SMILES string of the molecule is CCn1c(=NC(C)=O)sc2ccccc21. The highest BCUT2D eigenvalue weighted by Gasteiger charge is 2.03. The van der Waals surface area contributed by atoms with Gasteiger partial charge in [-0.15, -0.1) is 0 Å². The summed E-state index contributed by atoms with van der Waals surface area (Å²) in [6.45, 7) is 4.36. The van der Waals surface area contributed by atoms with Crippen molar-refractivity contribution >= 4 is 27.5 Å². The minimum absolute atomic E-state index is 0.149.